The molecule has 0 unspecified atom stereocenters. The van der Waals surface area contributed by atoms with Crippen LogP contribution in [-0.2, 0) is 6.54 Å². The molecule has 0 saturated heterocycles. The van der Waals surface area contributed by atoms with Crippen LogP contribution in [0.25, 0.3) is 0 Å². The maximum atomic E-state index is 13.8. The van der Waals surface area contributed by atoms with Gasteiger partial charge >= 0.3 is 0 Å². The van der Waals surface area contributed by atoms with Gasteiger partial charge in [-0.15, -0.1) is 0 Å². The number of amides is 1. The van der Waals surface area contributed by atoms with Crippen LogP contribution in [0.2, 0.25) is 0 Å². The Kier molecular flexibility index (Phi) is 6.57. The number of nitrogens with one attached hydrogen (secondary N) is 1. The van der Waals surface area contributed by atoms with Crippen LogP contribution in [0.4, 0.5) is 4.39 Å². The first kappa shape index (κ1) is 16.6. The Labute approximate surface area is 118 Å². The average molecular weight is 283 g/mol. The number of aliphatic hydroxyl groups excluding tert-OH is 1. The third kappa shape index (κ3) is 4.56. The molecule has 1 aromatic rings. The molecule has 112 valence electrons. The molecule has 0 atom stereocenters. The Balaban J connectivity index is 2.90. The van der Waals surface area contributed by atoms with Crippen molar-refractivity contribution in [2.45, 2.75) is 32.9 Å². The molecular formula is C14H22FN3O2. The molecule has 0 heterocycles. The molecule has 6 heteroatoms. The van der Waals surface area contributed by atoms with Crippen molar-refractivity contribution in [3.05, 3.63) is 35.1 Å². The summed E-state index contributed by atoms with van der Waals surface area (Å²) in [6.45, 7) is 5.16. The fourth-order valence-electron chi connectivity index (χ4n) is 1.93. The third-order valence-electron chi connectivity index (χ3n) is 3.15. The van der Waals surface area contributed by atoms with Gasteiger partial charge in [0.15, 0.2) is 0 Å². The average Bonchev–Trinajstić information content (AvgIpc) is 2.44. The van der Waals surface area contributed by atoms with Crippen LogP contribution in [0, 0.1) is 5.82 Å². The minimum atomic E-state index is -0.447. The zero-order chi connectivity index (χ0) is 15.1. The van der Waals surface area contributed by atoms with E-state index in [2.05, 4.69) is 0 Å². The Morgan fingerprint density at radius 1 is 1.50 bits per heavy atom. The Morgan fingerprint density at radius 3 is 2.75 bits per heavy atom. The van der Waals surface area contributed by atoms with E-state index in [9.17, 15) is 9.18 Å². The second-order valence-electron chi connectivity index (χ2n) is 4.92. The number of hydrazine groups is 1. The van der Waals surface area contributed by atoms with E-state index >= 15 is 0 Å². The summed E-state index contributed by atoms with van der Waals surface area (Å²) in [6, 6.07) is 4.39. The van der Waals surface area contributed by atoms with Crippen molar-refractivity contribution in [3.8, 4) is 0 Å². The highest BCUT2D eigenvalue weighted by atomic mass is 19.1. The topological polar surface area (TPSA) is 78.6 Å². The molecule has 0 aliphatic carbocycles. The number of aliphatic hydroxyl groups is 1. The molecule has 0 bridgehead atoms. The predicted octanol–water partition coefficient (Wildman–Crippen LogP) is 1.02. The van der Waals surface area contributed by atoms with Gasteiger partial charge in [-0.3, -0.25) is 15.1 Å². The first-order valence-corrected chi connectivity index (χ1v) is 6.63. The lowest BCUT2D eigenvalue weighted by Crippen LogP contribution is -2.33. The summed E-state index contributed by atoms with van der Waals surface area (Å²) < 4.78 is 13.8. The third-order valence-corrected chi connectivity index (χ3v) is 3.15. The van der Waals surface area contributed by atoms with Crippen molar-refractivity contribution in [2.24, 2.45) is 5.84 Å². The number of nitrogens with zero attached hydrogens (tertiary/aromatic N) is 1. The molecule has 4 N–H and O–H groups in total. The fraction of sp³-hybridized carbons (Fsp3) is 0.500. The lowest BCUT2D eigenvalue weighted by Gasteiger charge is -2.26. The highest BCUT2D eigenvalue weighted by Gasteiger charge is 2.14. The van der Waals surface area contributed by atoms with Crippen LogP contribution in [-0.4, -0.2) is 35.1 Å². The number of carbonyl (C=O) groups is 1. The van der Waals surface area contributed by atoms with Crippen molar-refractivity contribution in [1.29, 1.82) is 0 Å². The van der Waals surface area contributed by atoms with E-state index in [1.807, 2.05) is 24.2 Å². The maximum Gasteiger partial charge on any atom is 0.265 e. The Bertz CT molecular complexity index is 452. The molecule has 5 nitrogen and oxygen atoms in total. The van der Waals surface area contributed by atoms with Gasteiger partial charge in [-0.1, -0.05) is 0 Å². The summed E-state index contributed by atoms with van der Waals surface area (Å²) in [6.07, 6.45) is 0.628. The Morgan fingerprint density at radius 2 is 2.20 bits per heavy atom. The molecule has 0 fully saturated rings. The van der Waals surface area contributed by atoms with Crippen molar-refractivity contribution in [2.75, 3.05) is 13.2 Å². The largest absolute Gasteiger partial charge is 0.396 e. The van der Waals surface area contributed by atoms with Gasteiger partial charge < -0.3 is 5.11 Å². The summed E-state index contributed by atoms with van der Waals surface area (Å²) >= 11 is 0. The van der Waals surface area contributed by atoms with E-state index in [1.165, 1.54) is 18.2 Å². The normalized spacial score (nSPS) is 11.2. The SMILES string of the molecule is CC(C)N(CCCO)Cc1cc(C(=O)NN)ccc1F. The maximum absolute atomic E-state index is 13.8. The number of rotatable bonds is 7. The lowest BCUT2D eigenvalue weighted by molar-refractivity contribution is 0.0953. The summed E-state index contributed by atoms with van der Waals surface area (Å²) in [5.74, 6) is 4.28. The van der Waals surface area contributed by atoms with E-state index in [-0.39, 0.29) is 18.5 Å². The van der Waals surface area contributed by atoms with Crippen molar-refractivity contribution < 1.29 is 14.3 Å². The molecule has 1 aromatic carbocycles. The second kappa shape index (κ2) is 7.94. The fourth-order valence-corrected chi connectivity index (χ4v) is 1.93. The van der Waals surface area contributed by atoms with Crippen LogP contribution < -0.4 is 11.3 Å². The van der Waals surface area contributed by atoms with Gasteiger partial charge in [0.05, 0.1) is 0 Å². The molecule has 0 radical (unpaired) electrons. The van der Waals surface area contributed by atoms with E-state index < -0.39 is 5.91 Å². The summed E-state index contributed by atoms with van der Waals surface area (Å²) in [5, 5.41) is 8.90. The van der Waals surface area contributed by atoms with Gasteiger partial charge in [0.1, 0.15) is 5.82 Å². The highest BCUT2D eigenvalue weighted by molar-refractivity contribution is 5.93. The number of hydrogen-bond donors (Lipinski definition) is 3. The molecule has 1 rings (SSSR count). The van der Waals surface area contributed by atoms with Crippen LogP contribution in [0.5, 0.6) is 0 Å². The molecule has 0 aliphatic heterocycles. The van der Waals surface area contributed by atoms with Crippen molar-refractivity contribution in [3.63, 3.8) is 0 Å². The van der Waals surface area contributed by atoms with Crippen LogP contribution in [0.1, 0.15) is 36.2 Å². The number of carbonyl (C=O) groups excluding carboxylic acids is 1. The number of benzene rings is 1. The number of halogens is 1. The highest BCUT2D eigenvalue weighted by Crippen LogP contribution is 2.15. The van der Waals surface area contributed by atoms with Gasteiger partial charge in [-0.05, 0) is 38.5 Å². The minimum absolute atomic E-state index is 0.0985. The van der Waals surface area contributed by atoms with Gasteiger partial charge in [0.2, 0.25) is 0 Å². The molecule has 20 heavy (non-hydrogen) atoms. The van der Waals surface area contributed by atoms with Crippen molar-refractivity contribution >= 4 is 5.91 Å². The molecular weight excluding hydrogens is 261 g/mol. The second-order valence-corrected chi connectivity index (χ2v) is 4.92. The quantitative estimate of drug-likeness (QED) is 0.397. The summed E-state index contributed by atoms with van der Waals surface area (Å²) in [7, 11) is 0. The van der Waals surface area contributed by atoms with Gasteiger partial charge in [0, 0.05) is 36.9 Å². The molecule has 0 saturated carbocycles. The van der Waals surface area contributed by atoms with Gasteiger partial charge in [-0.2, -0.15) is 0 Å². The zero-order valence-electron chi connectivity index (χ0n) is 11.9. The van der Waals surface area contributed by atoms with E-state index in [1.54, 1.807) is 0 Å². The van der Waals surface area contributed by atoms with Crippen LogP contribution in [0.3, 0.4) is 0 Å². The van der Waals surface area contributed by atoms with E-state index in [0.717, 1.165) is 0 Å². The molecule has 0 spiro atoms. The summed E-state index contributed by atoms with van der Waals surface area (Å²) in [5.41, 5.74) is 2.80. The van der Waals surface area contributed by atoms with Gasteiger partial charge in [-0.25, -0.2) is 10.2 Å². The molecule has 0 aliphatic rings. The first-order chi connectivity index (χ1) is 9.49. The number of nitrogen functional groups attached to an aromatic ring is 1. The van der Waals surface area contributed by atoms with Crippen LogP contribution >= 0.6 is 0 Å². The Hall–Kier alpha value is -1.50. The standard InChI is InChI=1S/C14H22FN3O2/c1-10(2)18(6-3-7-19)9-12-8-11(14(20)17-16)4-5-13(12)15/h4-5,8,10,19H,3,6-7,9,16H2,1-2H3,(H,17,20). The lowest BCUT2D eigenvalue weighted by atomic mass is 10.1. The number of hydrogen-bond acceptors (Lipinski definition) is 4. The van der Waals surface area contributed by atoms with E-state index in [4.69, 9.17) is 10.9 Å². The summed E-state index contributed by atoms with van der Waals surface area (Å²) in [4.78, 5) is 13.5. The monoisotopic (exact) mass is 283 g/mol. The van der Waals surface area contributed by atoms with E-state index in [0.29, 0.717) is 30.6 Å². The smallest absolute Gasteiger partial charge is 0.265 e. The minimum Gasteiger partial charge on any atom is -0.396 e. The molecule has 0 aromatic heterocycles. The van der Waals surface area contributed by atoms with Gasteiger partial charge in [0.25, 0.3) is 5.91 Å². The van der Waals surface area contributed by atoms with Crippen LogP contribution in [0.15, 0.2) is 18.2 Å². The molecule has 1 amide bonds. The number of nitrogens with two attached hydrogens (primary N) is 1. The zero-order valence-corrected chi connectivity index (χ0v) is 11.9. The predicted molar refractivity (Wildman–Crippen MR) is 75.3 cm³/mol. The van der Waals surface area contributed by atoms with Crippen molar-refractivity contribution in [1.82, 2.24) is 10.3 Å². The first-order valence-electron chi connectivity index (χ1n) is 6.63.